The van der Waals surface area contributed by atoms with Crippen LogP contribution in [0.4, 0.5) is 4.39 Å². The van der Waals surface area contributed by atoms with Crippen LogP contribution in [-0.2, 0) is 6.42 Å². The number of piperidine rings is 1. The molecule has 1 atom stereocenters. The largest absolute Gasteiger partial charge is 0.316 e. The second kappa shape index (κ2) is 5.03. The molecule has 1 fully saturated rings. The van der Waals surface area contributed by atoms with Gasteiger partial charge in [0, 0.05) is 16.2 Å². The van der Waals surface area contributed by atoms with Crippen LogP contribution in [0, 0.1) is 11.9 Å². The maximum Gasteiger partial charge on any atom is 0.216 e. The smallest absolute Gasteiger partial charge is 0.216 e. The molecule has 1 aromatic heterocycles. The van der Waals surface area contributed by atoms with E-state index < -0.39 is 0 Å². The van der Waals surface area contributed by atoms with E-state index in [0.29, 0.717) is 5.92 Å². The van der Waals surface area contributed by atoms with Gasteiger partial charge in [0.2, 0.25) is 5.95 Å². The van der Waals surface area contributed by atoms with Crippen molar-refractivity contribution in [1.82, 2.24) is 10.3 Å². The summed E-state index contributed by atoms with van der Waals surface area (Å²) in [7, 11) is 0. The molecule has 0 spiro atoms. The minimum atomic E-state index is -0.330. The van der Waals surface area contributed by atoms with Gasteiger partial charge in [-0.3, -0.25) is 0 Å². The molecule has 1 aromatic rings. The average molecular weight is 273 g/mol. The summed E-state index contributed by atoms with van der Waals surface area (Å²) in [5.41, 5.74) is 0.720. The lowest BCUT2D eigenvalue weighted by atomic mass is 9.93. The van der Waals surface area contributed by atoms with E-state index in [0.717, 1.165) is 29.5 Å². The Morgan fingerprint density at radius 3 is 3.20 bits per heavy atom. The topological polar surface area (TPSA) is 24.9 Å². The predicted octanol–water partition coefficient (Wildman–Crippen LogP) is 2.53. The molecule has 0 aromatic carbocycles. The maximum absolute atomic E-state index is 13.4. The average Bonchev–Trinajstić information content (AvgIpc) is 2.25. The van der Waals surface area contributed by atoms with Crippen molar-refractivity contribution >= 4 is 15.9 Å². The molecule has 4 heteroatoms. The number of hydrogen-bond donors (Lipinski definition) is 1. The van der Waals surface area contributed by atoms with Crippen LogP contribution in [-0.4, -0.2) is 18.1 Å². The highest BCUT2D eigenvalue weighted by atomic mass is 79.9. The Bertz CT molecular complexity index is 337. The summed E-state index contributed by atoms with van der Waals surface area (Å²) in [6, 6.07) is 1.83. The first-order valence-electron chi connectivity index (χ1n) is 5.26. The molecule has 0 saturated carbocycles. The van der Waals surface area contributed by atoms with Gasteiger partial charge in [0.15, 0.2) is 0 Å². The lowest BCUT2D eigenvalue weighted by Crippen LogP contribution is -2.31. The van der Waals surface area contributed by atoms with Crippen LogP contribution in [0.25, 0.3) is 0 Å². The van der Waals surface area contributed by atoms with E-state index in [1.54, 1.807) is 0 Å². The van der Waals surface area contributed by atoms with Crippen molar-refractivity contribution < 1.29 is 4.39 Å². The number of hydrogen-bond acceptors (Lipinski definition) is 2. The zero-order valence-corrected chi connectivity index (χ0v) is 10.1. The predicted molar refractivity (Wildman–Crippen MR) is 61.2 cm³/mol. The van der Waals surface area contributed by atoms with E-state index in [4.69, 9.17) is 0 Å². The van der Waals surface area contributed by atoms with Crippen LogP contribution in [0.1, 0.15) is 18.4 Å². The number of halogens is 2. The van der Waals surface area contributed by atoms with Gasteiger partial charge in [-0.05, 0) is 60.3 Å². The quantitative estimate of drug-likeness (QED) is 0.837. The number of nitrogens with zero attached hydrogens (tertiary/aromatic N) is 1. The Kier molecular flexibility index (Phi) is 3.70. The number of nitrogens with one attached hydrogen (secondary N) is 1. The van der Waals surface area contributed by atoms with E-state index in [-0.39, 0.29) is 5.95 Å². The molecule has 2 nitrogen and oxygen atoms in total. The molecule has 0 radical (unpaired) electrons. The fourth-order valence-electron chi connectivity index (χ4n) is 2.02. The van der Waals surface area contributed by atoms with Gasteiger partial charge in [0.1, 0.15) is 0 Å². The molecule has 1 aliphatic rings. The third-order valence-corrected chi connectivity index (χ3v) is 3.22. The molecular weight excluding hydrogens is 259 g/mol. The van der Waals surface area contributed by atoms with Crippen molar-refractivity contribution in [3.05, 3.63) is 28.2 Å². The van der Waals surface area contributed by atoms with Crippen LogP contribution >= 0.6 is 15.9 Å². The minimum absolute atomic E-state index is 0.330. The highest BCUT2D eigenvalue weighted by Gasteiger charge is 2.16. The second-order valence-electron chi connectivity index (χ2n) is 4.02. The Balaban J connectivity index is 2.05. The van der Waals surface area contributed by atoms with Crippen molar-refractivity contribution in [2.75, 3.05) is 13.1 Å². The zero-order valence-electron chi connectivity index (χ0n) is 8.47. The highest BCUT2D eigenvalue weighted by Crippen LogP contribution is 2.20. The molecule has 0 amide bonds. The first-order valence-corrected chi connectivity index (χ1v) is 6.05. The van der Waals surface area contributed by atoms with Crippen LogP contribution in [0.15, 0.2) is 16.7 Å². The van der Waals surface area contributed by atoms with Gasteiger partial charge in [0.25, 0.3) is 0 Å². The summed E-state index contributed by atoms with van der Waals surface area (Å²) in [6.07, 6.45) is 4.65. The van der Waals surface area contributed by atoms with Crippen LogP contribution in [0.5, 0.6) is 0 Å². The Labute approximate surface area is 97.4 Å². The van der Waals surface area contributed by atoms with Gasteiger partial charge >= 0.3 is 0 Å². The van der Waals surface area contributed by atoms with Gasteiger partial charge in [0.05, 0.1) is 0 Å². The van der Waals surface area contributed by atoms with Gasteiger partial charge in [-0.15, -0.1) is 0 Å². The minimum Gasteiger partial charge on any atom is -0.316 e. The lowest BCUT2D eigenvalue weighted by Gasteiger charge is -2.22. The maximum atomic E-state index is 13.4. The van der Waals surface area contributed by atoms with E-state index in [2.05, 4.69) is 26.2 Å². The van der Waals surface area contributed by atoms with E-state index in [1.807, 2.05) is 6.07 Å². The van der Waals surface area contributed by atoms with Crippen molar-refractivity contribution in [2.45, 2.75) is 19.3 Å². The van der Waals surface area contributed by atoms with Gasteiger partial charge in [-0.1, -0.05) is 0 Å². The SMILES string of the molecule is Fc1ncc(Br)cc1CC1CCCNC1. The molecule has 2 rings (SSSR count). The first-order chi connectivity index (χ1) is 7.25. The summed E-state index contributed by atoms with van der Waals surface area (Å²) >= 11 is 3.32. The first kappa shape index (κ1) is 11.0. The van der Waals surface area contributed by atoms with Crippen molar-refractivity contribution in [3.63, 3.8) is 0 Å². The molecule has 1 unspecified atom stereocenters. The number of rotatable bonds is 2. The molecule has 1 saturated heterocycles. The number of aromatic nitrogens is 1. The molecule has 2 heterocycles. The molecule has 1 N–H and O–H groups in total. The fourth-order valence-corrected chi connectivity index (χ4v) is 2.40. The second-order valence-corrected chi connectivity index (χ2v) is 4.94. The Morgan fingerprint density at radius 2 is 2.47 bits per heavy atom. The monoisotopic (exact) mass is 272 g/mol. The Morgan fingerprint density at radius 1 is 1.60 bits per heavy atom. The number of pyridine rings is 1. The molecule has 15 heavy (non-hydrogen) atoms. The summed E-state index contributed by atoms with van der Waals surface area (Å²) in [6.45, 7) is 2.08. The molecule has 82 valence electrons. The van der Waals surface area contributed by atoms with E-state index >= 15 is 0 Å². The third kappa shape index (κ3) is 2.98. The summed E-state index contributed by atoms with van der Waals surface area (Å²) in [5.74, 6) is 0.216. The van der Waals surface area contributed by atoms with Crippen molar-refractivity contribution in [2.24, 2.45) is 5.92 Å². The van der Waals surface area contributed by atoms with Crippen LogP contribution in [0.2, 0.25) is 0 Å². The lowest BCUT2D eigenvalue weighted by molar-refractivity contribution is 0.370. The van der Waals surface area contributed by atoms with Crippen LogP contribution < -0.4 is 5.32 Å². The summed E-state index contributed by atoms with van der Waals surface area (Å²) < 4.78 is 14.2. The van der Waals surface area contributed by atoms with E-state index in [9.17, 15) is 4.39 Å². The molecule has 1 aliphatic heterocycles. The molecule has 0 aliphatic carbocycles. The van der Waals surface area contributed by atoms with Crippen molar-refractivity contribution in [1.29, 1.82) is 0 Å². The summed E-state index contributed by atoms with van der Waals surface area (Å²) in [5, 5.41) is 3.33. The van der Waals surface area contributed by atoms with Gasteiger partial charge < -0.3 is 5.32 Å². The standard InChI is InChI=1S/C11H14BrFN2/c12-10-5-9(11(13)15-7-10)4-8-2-1-3-14-6-8/h5,7-8,14H,1-4,6H2. The summed E-state index contributed by atoms with van der Waals surface area (Å²) in [4.78, 5) is 3.71. The van der Waals surface area contributed by atoms with Gasteiger partial charge in [-0.2, -0.15) is 4.39 Å². The van der Waals surface area contributed by atoms with Crippen LogP contribution in [0.3, 0.4) is 0 Å². The fraction of sp³-hybridized carbons (Fsp3) is 0.545. The molecule has 0 bridgehead atoms. The Hall–Kier alpha value is -0.480. The molecular formula is C11H14BrFN2. The van der Waals surface area contributed by atoms with Gasteiger partial charge in [-0.25, -0.2) is 4.98 Å². The van der Waals surface area contributed by atoms with E-state index in [1.165, 1.54) is 19.0 Å². The zero-order chi connectivity index (χ0) is 10.7. The van der Waals surface area contributed by atoms with Crippen molar-refractivity contribution in [3.8, 4) is 0 Å². The normalized spacial score (nSPS) is 21.6. The third-order valence-electron chi connectivity index (χ3n) is 2.79. The highest BCUT2D eigenvalue weighted by molar-refractivity contribution is 9.10.